The van der Waals surface area contributed by atoms with Crippen LogP contribution in [0.5, 0.6) is 0 Å². The molecule has 0 saturated heterocycles. The summed E-state index contributed by atoms with van der Waals surface area (Å²) in [6, 6.07) is 0.448. The average molecular weight is 226 g/mol. The van der Waals surface area contributed by atoms with Crippen LogP contribution in [0.25, 0.3) is 0 Å². The van der Waals surface area contributed by atoms with Crippen molar-refractivity contribution in [2.45, 2.75) is 52.3 Å². The second kappa shape index (κ2) is 6.66. The number of hydrogen-bond donors (Lipinski definition) is 1. The van der Waals surface area contributed by atoms with Gasteiger partial charge in [-0.15, -0.1) is 0 Å². The summed E-state index contributed by atoms with van der Waals surface area (Å²) in [6.07, 6.45) is 3.91. The van der Waals surface area contributed by atoms with Crippen molar-refractivity contribution in [3.8, 4) is 0 Å². The minimum Gasteiger partial charge on any atom is -0.444 e. The van der Waals surface area contributed by atoms with E-state index in [2.05, 4.69) is 31.1 Å². The van der Waals surface area contributed by atoms with E-state index < -0.39 is 0 Å². The molecule has 0 aliphatic carbocycles. The summed E-state index contributed by atoms with van der Waals surface area (Å²) < 4.78 is 10.8. The molecule has 0 fully saturated rings. The fourth-order valence-electron chi connectivity index (χ4n) is 1.30. The monoisotopic (exact) mass is 226 g/mol. The van der Waals surface area contributed by atoms with E-state index in [1.807, 2.05) is 0 Å². The Morgan fingerprint density at radius 2 is 2.19 bits per heavy atom. The molecule has 1 unspecified atom stereocenters. The van der Waals surface area contributed by atoms with Crippen molar-refractivity contribution in [1.82, 2.24) is 10.3 Å². The van der Waals surface area contributed by atoms with Crippen molar-refractivity contribution in [3.05, 3.63) is 17.8 Å². The van der Waals surface area contributed by atoms with Gasteiger partial charge in [0.2, 0.25) is 5.89 Å². The Morgan fingerprint density at radius 1 is 1.44 bits per heavy atom. The zero-order valence-corrected chi connectivity index (χ0v) is 10.6. The molecule has 4 nitrogen and oxygen atoms in total. The minimum atomic E-state index is 0.266. The molecule has 1 aromatic rings. The number of aromatic nitrogens is 1. The largest absolute Gasteiger partial charge is 0.444 e. The molecular weight excluding hydrogens is 204 g/mol. The van der Waals surface area contributed by atoms with Gasteiger partial charge in [0.15, 0.2) is 0 Å². The maximum atomic E-state index is 5.60. The molecule has 0 aliphatic rings. The first-order valence-corrected chi connectivity index (χ1v) is 5.81. The van der Waals surface area contributed by atoms with Crippen molar-refractivity contribution in [3.63, 3.8) is 0 Å². The van der Waals surface area contributed by atoms with Crippen LogP contribution in [-0.4, -0.2) is 24.2 Å². The quantitative estimate of drug-likeness (QED) is 0.773. The van der Waals surface area contributed by atoms with E-state index in [4.69, 9.17) is 9.15 Å². The van der Waals surface area contributed by atoms with Gasteiger partial charge in [0.1, 0.15) is 5.76 Å². The van der Waals surface area contributed by atoms with Gasteiger partial charge in [0.05, 0.1) is 18.8 Å². The molecule has 0 aromatic carbocycles. The predicted molar refractivity (Wildman–Crippen MR) is 63.3 cm³/mol. The molecule has 0 bridgehead atoms. The van der Waals surface area contributed by atoms with Gasteiger partial charge < -0.3 is 14.5 Å². The van der Waals surface area contributed by atoms with Gasteiger partial charge in [-0.25, -0.2) is 4.98 Å². The summed E-state index contributed by atoms with van der Waals surface area (Å²) in [5.41, 5.74) is 0. The van der Waals surface area contributed by atoms with Crippen molar-refractivity contribution >= 4 is 0 Å². The van der Waals surface area contributed by atoms with E-state index in [1.165, 1.54) is 0 Å². The number of nitrogens with zero attached hydrogens (tertiary/aromatic N) is 1. The van der Waals surface area contributed by atoms with Gasteiger partial charge in [-0.05, 0) is 13.3 Å². The number of methoxy groups -OCH3 is 1. The summed E-state index contributed by atoms with van der Waals surface area (Å²) in [4.78, 5) is 4.22. The fourth-order valence-corrected chi connectivity index (χ4v) is 1.30. The lowest BCUT2D eigenvalue weighted by Crippen LogP contribution is -2.21. The summed E-state index contributed by atoms with van der Waals surface area (Å²) in [6.45, 7) is 6.95. The highest BCUT2D eigenvalue weighted by Crippen LogP contribution is 2.09. The highest BCUT2D eigenvalue weighted by molar-refractivity contribution is 4.94. The lowest BCUT2D eigenvalue weighted by molar-refractivity contribution is 0.110. The summed E-state index contributed by atoms with van der Waals surface area (Å²) >= 11 is 0. The number of ether oxygens (including phenoxy) is 1. The van der Waals surface area contributed by atoms with E-state index in [9.17, 15) is 0 Å². The van der Waals surface area contributed by atoms with Gasteiger partial charge in [-0.2, -0.15) is 0 Å². The predicted octanol–water partition coefficient (Wildman–Crippen LogP) is 2.14. The smallest absolute Gasteiger partial charge is 0.208 e. The van der Waals surface area contributed by atoms with Gasteiger partial charge in [0.25, 0.3) is 0 Å². The number of aryl methyl sites for hydroxylation is 1. The van der Waals surface area contributed by atoms with Crippen LogP contribution < -0.4 is 5.32 Å². The highest BCUT2D eigenvalue weighted by Gasteiger charge is 2.06. The van der Waals surface area contributed by atoms with Crippen LogP contribution in [0.2, 0.25) is 0 Å². The molecule has 1 N–H and O–H groups in total. The molecule has 0 amide bonds. The number of nitrogens with one attached hydrogen (secondary N) is 1. The van der Waals surface area contributed by atoms with Crippen LogP contribution in [0.15, 0.2) is 10.6 Å². The van der Waals surface area contributed by atoms with Gasteiger partial charge in [0, 0.05) is 19.6 Å². The average Bonchev–Trinajstić information content (AvgIpc) is 2.71. The Balaban J connectivity index is 2.33. The summed E-state index contributed by atoms with van der Waals surface area (Å²) in [5.74, 6) is 1.69. The standard InChI is InChI=1S/C12H22N2O2/c1-9(2)13-8-12-14-7-11(16-12)6-5-10(3)15-4/h7,9-10,13H,5-6,8H2,1-4H3. The lowest BCUT2D eigenvalue weighted by Gasteiger charge is -2.06. The van der Waals surface area contributed by atoms with Crippen molar-refractivity contribution < 1.29 is 9.15 Å². The molecule has 1 heterocycles. The maximum absolute atomic E-state index is 5.60. The van der Waals surface area contributed by atoms with E-state index in [-0.39, 0.29) is 6.10 Å². The van der Waals surface area contributed by atoms with Crippen molar-refractivity contribution in [1.29, 1.82) is 0 Å². The maximum Gasteiger partial charge on any atom is 0.208 e. The van der Waals surface area contributed by atoms with Gasteiger partial charge >= 0.3 is 0 Å². The molecule has 0 saturated carbocycles. The first-order chi connectivity index (χ1) is 7.61. The first kappa shape index (κ1) is 13.2. The first-order valence-electron chi connectivity index (χ1n) is 5.81. The van der Waals surface area contributed by atoms with Crippen LogP contribution in [-0.2, 0) is 17.7 Å². The Morgan fingerprint density at radius 3 is 2.81 bits per heavy atom. The van der Waals surface area contributed by atoms with Crippen molar-refractivity contribution in [2.75, 3.05) is 7.11 Å². The molecule has 92 valence electrons. The normalized spacial score (nSPS) is 13.3. The minimum absolute atomic E-state index is 0.266. The lowest BCUT2D eigenvalue weighted by atomic mass is 10.2. The second-order valence-corrected chi connectivity index (χ2v) is 4.34. The zero-order chi connectivity index (χ0) is 12.0. The molecule has 16 heavy (non-hydrogen) atoms. The van der Waals surface area contributed by atoms with Gasteiger partial charge in [-0.1, -0.05) is 13.8 Å². The zero-order valence-electron chi connectivity index (χ0n) is 10.6. The molecule has 0 aliphatic heterocycles. The topological polar surface area (TPSA) is 47.3 Å². The third-order valence-corrected chi connectivity index (χ3v) is 2.46. The van der Waals surface area contributed by atoms with Crippen LogP contribution >= 0.6 is 0 Å². The van der Waals surface area contributed by atoms with Crippen LogP contribution in [0.1, 0.15) is 38.8 Å². The van der Waals surface area contributed by atoms with E-state index in [0.29, 0.717) is 12.6 Å². The number of hydrogen-bond acceptors (Lipinski definition) is 4. The van der Waals surface area contributed by atoms with Crippen LogP contribution in [0.4, 0.5) is 0 Å². The van der Waals surface area contributed by atoms with E-state index >= 15 is 0 Å². The highest BCUT2D eigenvalue weighted by atomic mass is 16.5. The Bertz CT molecular complexity index is 297. The van der Waals surface area contributed by atoms with Crippen molar-refractivity contribution in [2.24, 2.45) is 0 Å². The van der Waals surface area contributed by atoms with Crippen LogP contribution in [0, 0.1) is 0 Å². The van der Waals surface area contributed by atoms with E-state index in [0.717, 1.165) is 24.5 Å². The third-order valence-electron chi connectivity index (χ3n) is 2.46. The molecule has 1 aromatic heterocycles. The summed E-state index contributed by atoms with van der Waals surface area (Å²) in [5, 5.41) is 3.27. The summed E-state index contributed by atoms with van der Waals surface area (Å²) in [7, 11) is 1.73. The van der Waals surface area contributed by atoms with Gasteiger partial charge in [-0.3, -0.25) is 0 Å². The Kier molecular flexibility index (Phi) is 5.49. The molecule has 1 atom stereocenters. The number of rotatable bonds is 7. The number of oxazole rings is 1. The second-order valence-electron chi connectivity index (χ2n) is 4.34. The molecule has 0 radical (unpaired) electrons. The molecule has 4 heteroatoms. The van der Waals surface area contributed by atoms with Crippen LogP contribution in [0.3, 0.4) is 0 Å². The molecule has 1 rings (SSSR count). The third kappa shape index (κ3) is 4.77. The Labute approximate surface area is 97.4 Å². The Hall–Kier alpha value is -0.870. The van der Waals surface area contributed by atoms with E-state index in [1.54, 1.807) is 13.3 Å². The SMILES string of the molecule is COC(C)CCc1cnc(CNC(C)C)o1. The molecular formula is C12H22N2O2. The fraction of sp³-hybridized carbons (Fsp3) is 0.750. The molecule has 0 spiro atoms.